The number of rotatable bonds is 18. The van der Waals surface area contributed by atoms with E-state index in [0.717, 1.165) is 13.0 Å². The first kappa shape index (κ1) is 22.5. The second-order valence-electron chi connectivity index (χ2n) is 6.95. The van der Waals surface area contributed by atoms with Gasteiger partial charge in [-0.1, -0.05) is 97.3 Å². The summed E-state index contributed by atoms with van der Waals surface area (Å²) in [6.07, 6.45) is 24.0. The maximum absolute atomic E-state index is 5.89. The Labute approximate surface area is 147 Å². The van der Waals surface area contributed by atoms with E-state index in [0.29, 0.717) is 0 Å². The molecule has 0 aromatic rings. The molecule has 0 bridgehead atoms. The van der Waals surface area contributed by atoms with Crippen molar-refractivity contribution < 1.29 is 4.74 Å². The zero-order valence-electron chi connectivity index (χ0n) is 16.5. The van der Waals surface area contributed by atoms with E-state index in [1.165, 1.54) is 102 Å². The summed E-state index contributed by atoms with van der Waals surface area (Å²) in [7, 11) is 0. The van der Waals surface area contributed by atoms with Gasteiger partial charge < -0.3 is 4.74 Å². The molecule has 0 heterocycles. The molecule has 0 amide bonds. The van der Waals surface area contributed by atoms with E-state index >= 15 is 0 Å². The third-order valence-corrected chi connectivity index (χ3v) is 4.63. The van der Waals surface area contributed by atoms with Crippen LogP contribution in [0.25, 0.3) is 0 Å². The molecule has 0 aliphatic rings. The van der Waals surface area contributed by atoms with Crippen LogP contribution >= 0.6 is 0 Å². The SMILES string of the molecule is C/C=C(\CCCCCCCCCCCCC)OCCCCCC. The first-order valence-electron chi connectivity index (χ1n) is 10.6. The molecule has 1 nitrogen and oxygen atoms in total. The average Bonchev–Trinajstić information content (AvgIpc) is 2.57. The zero-order valence-corrected chi connectivity index (χ0v) is 16.5. The van der Waals surface area contributed by atoms with E-state index in [9.17, 15) is 0 Å². The quantitative estimate of drug-likeness (QED) is 0.182. The second-order valence-corrected chi connectivity index (χ2v) is 6.95. The summed E-state index contributed by atoms with van der Waals surface area (Å²) in [5.41, 5.74) is 0. The lowest BCUT2D eigenvalue weighted by Gasteiger charge is -2.10. The minimum absolute atomic E-state index is 0.914. The largest absolute Gasteiger partial charge is 0.498 e. The smallest absolute Gasteiger partial charge is 0.0917 e. The van der Waals surface area contributed by atoms with Gasteiger partial charge in [-0.3, -0.25) is 0 Å². The van der Waals surface area contributed by atoms with Crippen LogP contribution in [0.5, 0.6) is 0 Å². The molecule has 0 radical (unpaired) electrons. The molecular formula is C22H44O. The molecule has 0 N–H and O–H groups in total. The van der Waals surface area contributed by atoms with Crippen molar-refractivity contribution in [3.05, 3.63) is 11.8 Å². The summed E-state index contributed by atoms with van der Waals surface area (Å²) in [5, 5.41) is 0. The van der Waals surface area contributed by atoms with Gasteiger partial charge in [-0.05, 0) is 25.8 Å². The molecule has 0 rings (SSSR count). The van der Waals surface area contributed by atoms with Gasteiger partial charge in [0.25, 0.3) is 0 Å². The van der Waals surface area contributed by atoms with Crippen molar-refractivity contribution in [3.63, 3.8) is 0 Å². The Kier molecular flexibility index (Phi) is 19.2. The Morgan fingerprint density at radius 3 is 1.52 bits per heavy atom. The number of hydrogen-bond donors (Lipinski definition) is 0. The van der Waals surface area contributed by atoms with Crippen molar-refractivity contribution >= 4 is 0 Å². The lowest BCUT2D eigenvalue weighted by atomic mass is 10.0. The molecule has 0 unspecified atom stereocenters. The van der Waals surface area contributed by atoms with Gasteiger partial charge in [0.1, 0.15) is 0 Å². The van der Waals surface area contributed by atoms with E-state index in [2.05, 4.69) is 26.8 Å². The Morgan fingerprint density at radius 2 is 1.04 bits per heavy atom. The highest BCUT2D eigenvalue weighted by Crippen LogP contribution is 2.15. The van der Waals surface area contributed by atoms with E-state index in [1.54, 1.807) is 0 Å². The van der Waals surface area contributed by atoms with Gasteiger partial charge in [-0.25, -0.2) is 0 Å². The maximum atomic E-state index is 5.89. The molecule has 0 saturated heterocycles. The highest BCUT2D eigenvalue weighted by atomic mass is 16.5. The van der Waals surface area contributed by atoms with Gasteiger partial charge in [-0.2, -0.15) is 0 Å². The van der Waals surface area contributed by atoms with E-state index in [1.807, 2.05) is 0 Å². The lowest BCUT2D eigenvalue weighted by Crippen LogP contribution is -1.96. The van der Waals surface area contributed by atoms with Gasteiger partial charge in [0.2, 0.25) is 0 Å². The van der Waals surface area contributed by atoms with Crippen molar-refractivity contribution in [1.82, 2.24) is 0 Å². The fraction of sp³-hybridized carbons (Fsp3) is 0.909. The summed E-state index contributed by atoms with van der Waals surface area (Å²) in [6, 6.07) is 0. The van der Waals surface area contributed by atoms with Crippen molar-refractivity contribution in [2.45, 2.75) is 124 Å². The molecule has 0 fully saturated rings. The molecule has 0 aliphatic carbocycles. The molecule has 0 saturated carbocycles. The maximum Gasteiger partial charge on any atom is 0.0917 e. The van der Waals surface area contributed by atoms with Crippen molar-refractivity contribution in [2.75, 3.05) is 6.61 Å². The number of ether oxygens (including phenoxy) is 1. The third kappa shape index (κ3) is 17.7. The molecule has 0 aliphatic heterocycles. The Bertz CT molecular complexity index is 244. The van der Waals surface area contributed by atoms with Crippen LogP contribution in [-0.4, -0.2) is 6.61 Å². The van der Waals surface area contributed by atoms with Crippen molar-refractivity contribution in [3.8, 4) is 0 Å². The first-order chi connectivity index (χ1) is 11.3. The fourth-order valence-corrected chi connectivity index (χ4v) is 3.00. The molecule has 138 valence electrons. The van der Waals surface area contributed by atoms with Crippen LogP contribution in [0, 0.1) is 0 Å². The minimum atomic E-state index is 0.914. The predicted molar refractivity (Wildman–Crippen MR) is 105 cm³/mol. The van der Waals surface area contributed by atoms with E-state index in [4.69, 9.17) is 4.74 Å². The molecule has 0 aromatic heterocycles. The summed E-state index contributed by atoms with van der Waals surface area (Å²) < 4.78 is 5.89. The monoisotopic (exact) mass is 324 g/mol. The van der Waals surface area contributed by atoms with Crippen LogP contribution in [0.15, 0.2) is 11.8 Å². The van der Waals surface area contributed by atoms with Crippen molar-refractivity contribution in [2.24, 2.45) is 0 Å². The van der Waals surface area contributed by atoms with Crippen LogP contribution in [0.4, 0.5) is 0 Å². The van der Waals surface area contributed by atoms with Crippen molar-refractivity contribution in [1.29, 1.82) is 0 Å². The Hall–Kier alpha value is -0.460. The summed E-state index contributed by atoms with van der Waals surface area (Å²) >= 11 is 0. The minimum Gasteiger partial charge on any atom is -0.498 e. The molecule has 0 aromatic carbocycles. The van der Waals surface area contributed by atoms with E-state index in [-0.39, 0.29) is 0 Å². The standard InChI is InChI=1S/C22H44O/c1-4-7-9-11-12-13-14-15-16-17-18-20-22(6-3)23-21-19-10-8-5-2/h6H,4-5,7-21H2,1-3H3/b22-6+. The predicted octanol–water partition coefficient (Wildman–Crippen LogP) is 8.19. The summed E-state index contributed by atoms with van der Waals surface area (Å²) in [6.45, 7) is 7.57. The van der Waals surface area contributed by atoms with Crippen LogP contribution in [-0.2, 0) is 4.74 Å². The number of unbranched alkanes of at least 4 members (excludes halogenated alkanes) is 13. The van der Waals surface area contributed by atoms with E-state index < -0.39 is 0 Å². The molecule has 1 heteroatoms. The zero-order chi connectivity index (χ0) is 17.0. The fourth-order valence-electron chi connectivity index (χ4n) is 3.00. The summed E-state index contributed by atoms with van der Waals surface area (Å²) in [5.74, 6) is 1.22. The summed E-state index contributed by atoms with van der Waals surface area (Å²) in [4.78, 5) is 0. The van der Waals surface area contributed by atoms with Crippen LogP contribution in [0.1, 0.15) is 124 Å². The van der Waals surface area contributed by atoms with Gasteiger partial charge in [0, 0.05) is 6.42 Å². The van der Waals surface area contributed by atoms with Gasteiger partial charge in [-0.15, -0.1) is 0 Å². The Balaban J connectivity index is 3.28. The first-order valence-corrected chi connectivity index (χ1v) is 10.6. The van der Waals surface area contributed by atoms with Gasteiger partial charge in [0.15, 0.2) is 0 Å². The lowest BCUT2D eigenvalue weighted by molar-refractivity contribution is 0.193. The van der Waals surface area contributed by atoms with Gasteiger partial charge in [0.05, 0.1) is 12.4 Å². The molecule has 0 atom stereocenters. The third-order valence-electron chi connectivity index (χ3n) is 4.63. The van der Waals surface area contributed by atoms with Crippen LogP contribution < -0.4 is 0 Å². The van der Waals surface area contributed by atoms with Crippen LogP contribution in [0.3, 0.4) is 0 Å². The van der Waals surface area contributed by atoms with Gasteiger partial charge >= 0.3 is 0 Å². The molecular weight excluding hydrogens is 280 g/mol. The normalized spacial score (nSPS) is 11.9. The molecule has 0 spiro atoms. The number of hydrogen-bond acceptors (Lipinski definition) is 1. The number of allylic oxidation sites excluding steroid dienone is 2. The highest BCUT2D eigenvalue weighted by Gasteiger charge is 1.99. The topological polar surface area (TPSA) is 9.23 Å². The average molecular weight is 325 g/mol. The van der Waals surface area contributed by atoms with Crippen LogP contribution in [0.2, 0.25) is 0 Å². The second kappa shape index (κ2) is 19.6. The Morgan fingerprint density at radius 1 is 0.609 bits per heavy atom. The molecule has 23 heavy (non-hydrogen) atoms. The highest BCUT2D eigenvalue weighted by molar-refractivity contribution is 4.90.